The molecule has 1 saturated heterocycles. The second-order valence-electron chi connectivity index (χ2n) is 4.59. The molecule has 2 unspecified atom stereocenters. The monoisotopic (exact) mass is 241 g/mol. The molecule has 1 aliphatic carbocycles. The Balaban J connectivity index is 2.08. The van der Waals surface area contributed by atoms with Gasteiger partial charge in [-0.15, -0.1) is 0 Å². The van der Waals surface area contributed by atoms with E-state index in [1.165, 1.54) is 12.0 Å². The fourth-order valence-corrected chi connectivity index (χ4v) is 2.33. The minimum absolute atomic E-state index is 0.0489. The van der Waals surface area contributed by atoms with Crippen LogP contribution in [0.25, 0.3) is 0 Å². The summed E-state index contributed by atoms with van der Waals surface area (Å²) < 4.78 is 4.58. The lowest BCUT2D eigenvalue weighted by atomic mass is 10.1. The first-order chi connectivity index (χ1) is 8.04. The van der Waals surface area contributed by atoms with Gasteiger partial charge >= 0.3 is 11.9 Å². The van der Waals surface area contributed by atoms with Crippen LogP contribution in [0, 0.1) is 11.8 Å². The van der Waals surface area contributed by atoms with Gasteiger partial charge in [-0.05, 0) is 18.8 Å². The van der Waals surface area contributed by atoms with E-state index in [0.29, 0.717) is 0 Å². The van der Waals surface area contributed by atoms with E-state index in [2.05, 4.69) is 4.74 Å². The van der Waals surface area contributed by atoms with Gasteiger partial charge in [0.05, 0.1) is 13.0 Å². The van der Waals surface area contributed by atoms with Crippen LogP contribution in [-0.4, -0.2) is 47.5 Å². The number of aliphatic carboxylic acids is 1. The Morgan fingerprint density at radius 2 is 2.12 bits per heavy atom. The van der Waals surface area contributed by atoms with Gasteiger partial charge in [-0.25, -0.2) is 4.79 Å². The summed E-state index contributed by atoms with van der Waals surface area (Å²) in [5.74, 6) is -2.16. The summed E-state index contributed by atoms with van der Waals surface area (Å²) in [6, 6.07) is -0.767. The van der Waals surface area contributed by atoms with Gasteiger partial charge in [0.25, 0.3) is 0 Å². The topological polar surface area (TPSA) is 83.9 Å². The number of nitrogens with zero attached hydrogens (tertiary/aromatic N) is 1. The van der Waals surface area contributed by atoms with Crippen molar-refractivity contribution in [3.05, 3.63) is 0 Å². The zero-order valence-electron chi connectivity index (χ0n) is 9.59. The smallest absolute Gasteiger partial charge is 0.326 e. The van der Waals surface area contributed by atoms with Gasteiger partial charge in [-0.2, -0.15) is 0 Å². The number of esters is 1. The SMILES string of the molecule is COC(=O)C1CC(=O)N(C(C(=O)O)C2CC2)C1. The first-order valence-electron chi connectivity index (χ1n) is 5.64. The van der Waals surface area contributed by atoms with Crippen molar-refractivity contribution in [2.75, 3.05) is 13.7 Å². The summed E-state index contributed by atoms with van der Waals surface area (Å²) in [5.41, 5.74) is 0. The molecule has 17 heavy (non-hydrogen) atoms. The molecule has 0 spiro atoms. The van der Waals surface area contributed by atoms with E-state index in [0.717, 1.165) is 12.8 Å². The maximum absolute atomic E-state index is 11.7. The van der Waals surface area contributed by atoms with Crippen LogP contribution in [-0.2, 0) is 19.1 Å². The van der Waals surface area contributed by atoms with Crippen molar-refractivity contribution in [3.63, 3.8) is 0 Å². The summed E-state index contributed by atoms with van der Waals surface area (Å²) in [4.78, 5) is 35.5. The third kappa shape index (κ3) is 2.25. The Morgan fingerprint density at radius 3 is 2.59 bits per heavy atom. The minimum atomic E-state index is -0.980. The number of carbonyl (C=O) groups is 3. The summed E-state index contributed by atoms with van der Waals surface area (Å²) in [7, 11) is 1.27. The number of likely N-dealkylation sites (tertiary alicyclic amines) is 1. The van der Waals surface area contributed by atoms with Gasteiger partial charge in [0, 0.05) is 13.0 Å². The zero-order chi connectivity index (χ0) is 12.6. The quantitative estimate of drug-likeness (QED) is 0.693. The first-order valence-corrected chi connectivity index (χ1v) is 5.64. The largest absolute Gasteiger partial charge is 0.480 e. The van der Waals surface area contributed by atoms with E-state index < -0.39 is 23.9 Å². The third-order valence-electron chi connectivity index (χ3n) is 3.35. The molecule has 2 rings (SSSR count). The molecule has 6 heteroatoms. The number of carboxylic acid groups (broad SMARTS) is 1. The zero-order valence-corrected chi connectivity index (χ0v) is 9.59. The molecular formula is C11H15NO5. The fourth-order valence-electron chi connectivity index (χ4n) is 2.33. The average Bonchev–Trinajstić information content (AvgIpc) is 3.02. The predicted molar refractivity (Wildman–Crippen MR) is 56.0 cm³/mol. The Kier molecular flexibility index (Phi) is 3.04. The number of ether oxygens (including phenoxy) is 1. The van der Waals surface area contributed by atoms with Crippen LogP contribution < -0.4 is 0 Å². The van der Waals surface area contributed by atoms with E-state index in [-0.39, 0.29) is 24.8 Å². The summed E-state index contributed by atoms with van der Waals surface area (Å²) in [5, 5.41) is 9.13. The highest BCUT2D eigenvalue weighted by atomic mass is 16.5. The second kappa shape index (κ2) is 4.35. The first kappa shape index (κ1) is 11.9. The average molecular weight is 241 g/mol. The minimum Gasteiger partial charge on any atom is -0.480 e. The van der Waals surface area contributed by atoms with Crippen molar-refractivity contribution in [1.29, 1.82) is 0 Å². The molecule has 0 aromatic heterocycles. The molecule has 1 heterocycles. The third-order valence-corrected chi connectivity index (χ3v) is 3.35. The van der Waals surface area contributed by atoms with Gasteiger partial charge in [-0.3, -0.25) is 9.59 Å². The van der Waals surface area contributed by atoms with Crippen LogP contribution in [0.15, 0.2) is 0 Å². The summed E-state index contributed by atoms with van der Waals surface area (Å²) in [6.45, 7) is 0.166. The van der Waals surface area contributed by atoms with Crippen LogP contribution in [0.2, 0.25) is 0 Å². The number of carboxylic acids is 1. The highest BCUT2D eigenvalue weighted by molar-refractivity contribution is 5.90. The normalized spacial score (nSPS) is 25.8. The van der Waals surface area contributed by atoms with E-state index in [1.54, 1.807) is 0 Å². The molecular weight excluding hydrogens is 226 g/mol. The highest BCUT2D eigenvalue weighted by Crippen LogP contribution is 2.37. The molecule has 0 aromatic carbocycles. The molecule has 0 bridgehead atoms. The van der Waals surface area contributed by atoms with E-state index in [4.69, 9.17) is 5.11 Å². The molecule has 2 fully saturated rings. The number of hydrogen-bond acceptors (Lipinski definition) is 4. The molecule has 1 amide bonds. The Hall–Kier alpha value is -1.59. The van der Waals surface area contributed by atoms with Gasteiger partial charge in [-0.1, -0.05) is 0 Å². The summed E-state index contributed by atoms with van der Waals surface area (Å²) in [6.07, 6.45) is 1.73. The molecule has 1 saturated carbocycles. The molecule has 1 aliphatic heterocycles. The second-order valence-corrected chi connectivity index (χ2v) is 4.59. The molecule has 2 atom stereocenters. The predicted octanol–water partition coefficient (Wildman–Crippen LogP) is -0.129. The Morgan fingerprint density at radius 1 is 1.47 bits per heavy atom. The van der Waals surface area contributed by atoms with Crippen LogP contribution in [0.4, 0.5) is 0 Å². The van der Waals surface area contributed by atoms with Crippen molar-refractivity contribution in [3.8, 4) is 0 Å². The fraction of sp³-hybridized carbons (Fsp3) is 0.727. The van der Waals surface area contributed by atoms with Crippen LogP contribution >= 0.6 is 0 Å². The Bertz CT molecular complexity index is 363. The van der Waals surface area contributed by atoms with Gasteiger partial charge < -0.3 is 14.7 Å². The number of rotatable bonds is 4. The van der Waals surface area contributed by atoms with E-state index in [9.17, 15) is 14.4 Å². The van der Waals surface area contributed by atoms with Gasteiger partial charge in [0.2, 0.25) is 5.91 Å². The summed E-state index contributed by atoms with van der Waals surface area (Å²) >= 11 is 0. The van der Waals surface area contributed by atoms with Crippen molar-refractivity contribution in [2.45, 2.75) is 25.3 Å². The lowest BCUT2D eigenvalue weighted by molar-refractivity contribution is -0.149. The lowest BCUT2D eigenvalue weighted by Gasteiger charge is -2.24. The van der Waals surface area contributed by atoms with Gasteiger partial charge in [0.15, 0.2) is 0 Å². The molecule has 0 radical (unpaired) electrons. The standard InChI is InChI=1S/C11H15NO5/c1-17-11(16)7-4-8(13)12(5-7)9(10(14)15)6-2-3-6/h6-7,9H,2-5H2,1H3,(H,14,15). The van der Waals surface area contributed by atoms with Crippen molar-refractivity contribution < 1.29 is 24.2 Å². The van der Waals surface area contributed by atoms with Crippen molar-refractivity contribution >= 4 is 17.8 Å². The van der Waals surface area contributed by atoms with Crippen LogP contribution in [0.3, 0.4) is 0 Å². The van der Waals surface area contributed by atoms with Crippen molar-refractivity contribution in [2.24, 2.45) is 11.8 Å². The molecule has 94 valence electrons. The van der Waals surface area contributed by atoms with Crippen molar-refractivity contribution in [1.82, 2.24) is 4.90 Å². The Labute approximate surface area is 98.5 Å². The maximum Gasteiger partial charge on any atom is 0.326 e. The molecule has 6 nitrogen and oxygen atoms in total. The number of hydrogen-bond donors (Lipinski definition) is 1. The van der Waals surface area contributed by atoms with Gasteiger partial charge in [0.1, 0.15) is 6.04 Å². The maximum atomic E-state index is 11.7. The molecule has 0 aromatic rings. The van der Waals surface area contributed by atoms with Crippen LogP contribution in [0.1, 0.15) is 19.3 Å². The van der Waals surface area contributed by atoms with E-state index in [1.807, 2.05) is 0 Å². The number of amides is 1. The number of carbonyl (C=O) groups excluding carboxylic acids is 2. The molecule has 2 aliphatic rings. The molecule has 1 N–H and O–H groups in total. The lowest BCUT2D eigenvalue weighted by Crippen LogP contribution is -2.44. The number of methoxy groups -OCH3 is 1. The van der Waals surface area contributed by atoms with E-state index >= 15 is 0 Å². The van der Waals surface area contributed by atoms with Crippen LogP contribution in [0.5, 0.6) is 0 Å². The highest BCUT2D eigenvalue weighted by Gasteiger charge is 2.47.